The fourth-order valence-corrected chi connectivity index (χ4v) is 1.95. The molecule has 21 heavy (non-hydrogen) atoms. The van der Waals surface area contributed by atoms with E-state index in [9.17, 15) is 9.18 Å². The molecule has 0 unspecified atom stereocenters. The second-order valence-corrected chi connectivity index (χ2v) is 5.10. The van der Waals surface area contributed by atoms with E-state index in [0.717, 1.165) is 0 Å². The average Bonchev–Trinajstić information content (AvgIpc) is 2.45. The molecule has 0 amide bonds. The lowest BCUT2D eigenvalue weighted by molar-refractivity contribution is 0.105. The van der Waals surface area contributed by atoms with Gasteiger partial charge in [0.2, 0.25) is 0 Å². The van der Waals surface area contributed by atoms with E-state index in [1.54, 1.807) is 29.3 Å². The second-order valence-electron chi connectivity index (χ2n) is 4.72. The van der Waals surface area contributed by atoms with E-state index in [1.165, 1.54) is 24.4 Å². The predicted molar refractivity (Wildman–Crippen MR) is 81.6 cm³/mol. The van der Waals surface area contributed by atoms with Crippen molar-refractivity contribution in [1.82, 2.24) is 9.88 Å². The third-order valence-electron chi connectivity index (χ3n) is 2.76. The normalized spacial score (nSPS) is 11.3. The summed E-state index contributed by atoms with van der Waals surface area (Å²) < 4.78 is 13.3. The number of carbonyl (C=O) groups is 1. The molecule has 3 nitrogen and oxygen atoms in total. The molecule has 0 fully saturated rings. The number of allylic oxidation sites excluding steroid dienone is 1. The molecule has 0 spiro atoms. The largest absolute Gasteiger partial charge is 0.383 e. The second kappa shape index (κ2) is 6.50. The molecule has 0 aliphatic carbocycles. The number of aromatic nitrogens is 1. The molecule has 2 aromatic rings. The minimum absolute atomic E-state index is 0.271. The zero-order valence-electron chi connectivity index (χ0n) is 11.7. The van der Waals surface area contributed by atoms with Crippen LogP contribution in [0.2, 0.25) is 5.15 Å². The molecule has 0 saturated heterocycles. The highest BCUT2D eigenvalue weighted by Crippen LogP contribution is 2.21. The molecule has 0 aliphatic rings. The van der Waals surface area contributed by atoms with Crippen LogP contribution in [0.4, 0.5) is 4.39 Å². The van der Waals surface area contributed by atoms with Gasteiger partial charge in [-0.25, -0.2) is 9.37 Å². The maximum absolute atomic E-state index is 13.3. The van der Waals surface area contributed by atoms with Crippen molar-refractivity contribution in [1.29, 1.82) is 0 Å². The summed E-state index contributed by atoms with van der Waals surface area (Å²) in [5.74, 6) is -0.716. The Labute approximate surface area is 127 Å². The molecule has 1 aromatic carbocycles. The number of carbonyl (C=O) groups excluding carboxylic acids is 1. The lowest BCUT2D eigenvalue weighted by atomic mass is 9.98. The lowest BCUT2D eigenvalue weighted by Crippen LogP contribution is -2.09. The Kier molecular flexibility index (Phi) is 4.70. The number of ketones is 1. The first-order valence-electron chi connectivity index (χ1n) is 6.28. The number of hydrogen-bond donors (Lipinski definition) is 0. The molecular weight excluding hydrogens is 291 g/mol. The standard InChI is InChI=1S/C16H14ClFN2O/c1-20(2)10-14(12-6-7-15(17)19-9-12)16(21)11-4-3-5-13(18)8-11/h3-10H,1-2H3. The van der Waals surface area contributed by atoms with Crippen LogP contribution in [0.3, 0.4) is 0 Å². The van der Waals surface area contributed by atoms with Gasteiger partial charge in [0, 0.05) is 43.2 Å². The van der Waals surface area contributed by atoms with Gasteiger partial charge in [0.25, 0.3) is 0 Å². The van der Waals surface area contributed by atoms with Gasteiger partial charge in [0.05, 0.1) is 0 Å². The van der Waals surface area contributed by atoms with Gasteiger partial charge in [-0.3, -0.25) is 4.79 Å². The summed E-state index contributed by atoms with van der Waals surface area (Å²) in [7, 11) is 3.62. The van der Waals surface area contributed by atoms with Crippen LogP contribution in [0.1, 0.15) is 15.9 Å². The van der Waals surface area contributed by atoms with Crippen LogP contribution < -0.4 is 0 Å². The van der Waals surface area contributed by atoms with Crippen molar-refractivity contribution < 1.29 is 9.18 Å². The quantitative estimate of drug-likeness (QED) is 0.491. The highest BCUT2D eigenvalue weighted by Gasteiger charge is 2.16. The van der Waals surface area contributed by atoms with Crippen molar-refractivity contribution >= 4 is 23.0 Å². The van der Waals surface area contributed by atoms with Gasteiger partial charge in [-0.15, -0.1) is 0 Å². The average molecular weight is 305 g/mol. The molecule has 0 bridgehead atoms. The lowest BCUT2D eigenvalue weighted by Gasteiger charge is -2.12. The first kappa shape index (κ1) is 15.2. The summed E-state index contributed by atoms with van der Waals surface area (Å²) in [5.41, 5.74) is 1.34. The van der Waals surface area contributed by atoms with Crippen LogP contribution in [-0.4, -0.2) is 29.8 Å². The Morgan fingerprint density at radius 2 is 2.00 bits per heavy atom. The Bertz CT molecular complexity index is 681. The first-order chi connectivity index (χ1) is 9.97. The van der Waals surface area contributed by atoms with E-state index in [1.807, 2.05) is 14.1 Å². The summed E-state index contributed by atoms with van der Waals surface area (Å²) in [5, 5.41) is 0.348. The molecule has 0 N–H and O–H groups in total. The Balaban J connectivity index is 2.46. The Morgan fingerprint density at radius 3 is 2.57 bits per heavy atom. The first-order valence-corrected chi connectivity index (χ1v) is 6.65. The van der Waals surface area contributed by atoms with Crippen molar-refractivity contribution in [2.24, 2.45) is 0 Å². The minimum atomic E-state index is -0.445. The highest BCUT2D eigenvalue weighted by atomic mass is 35.5. The Morgan fingerprint density at radius 1 is 1.24 bits per heavy atom. The van der Waals surface area contributed by atoms with Crippen LogP contribution in [-0.2, 0) is 0 Å². The van der Waals surface area contributed by atoms with Gasteiger partial charge in [0.1, 0.15) is 11.0 Å². The van der Waals surface area contributed by atoms with Crippen LogP contribution in [0.5, 0.6) is 0 Å². The third kappa shape index (κ3) is 3.89. The van der Waals surface area contributed by atoms with Gasteiger partial charge in [-0.05, 0) is 24.3 Å². The van der Waals surface area contributed by atoms with Crippen molar-refractivity contribution in [2.45, 2.75) is 0 Å². The molecule has 0 aliphatic heterocycles. The SMILES string of the molecule is CN(C)C=C(C(=O)c1cccc(F)c1)c1ccc(Cl)nc1. The minimum Gasteiger partial charge on any atom is -0.383 e. The molecule has 108 valence electrons. The van der Waals surface area contributed by atoms with Crippen molar-refractivity contribution in [2.75, 3.05) is 14.1 Å². The van der Waals surface area contributed by atoms with Gasteiger partial charge in [-0.1, -0.05) is 23.7 Å². The number of Topliss-reactive ketones (excluding diaryl/α,β-unsaturated/α-hetero) is 1. The molecule has 1 aromatic heterocycles. The maximum atomic E-state index is 13.3. The smallest absolute Gasteiger partial charge is 0.195 e. The highest BCUT2D eigenvalue weighted by molar-refractivity contribution is 6.30. The molecule has 2 rings (SSSR count). The zero-order chi connectivity index (χ0) is 15.4. The van der Waals surface area contributed by atoms with E-state index < -0.39 is 5.82 Å². The van der Waals surface area contributed by atoms with E-state index in [0.29, 0.717) is 16.3 Å². The summed E-state index contributed by atoms with van der Waals surface area (Å²) in [4.78, 5) is 18.3. The van der Waals surface area contributed by atoms with Gasteiger partial charge < -0.3 is 4.90 Å². The summed E-state index contributed by atoms with van der Waals surface area (Å²) in [6.07, 6.45) is 3.20. The van der Waals surface area contributed by atoms with Gasteiger partial charge in [0.15, 0.2) is 5.78 Å². The van der Waals surface area contributed by atoms with Crippen LogP contribution in [0.15, 0.2) is 48.8 Å². The maximum Gasteiger partial charge on any atom is 0.195 e. The summed E-state index contributed by atoms with van der Waals surface area (Å²) in [6, 6.07) is 8.93. The third-order valence-corrected chi connectivity index (χ3v) is 2.98. The molecule has 0 atom stereocenters. The number of nitrogens with zero attached hydrogens (tertiary/aromatic N) is 2. The number of pyridine rings is 1. The fourth-order valence-electron chi connectivity index (χ4n) is 1.84. The topological polar surface area (TPSA) is 33.2 Å². The van der Waals surface area contributed by atoms with E-state index >= 15 is 0 Å². The number of hydrogen-bond acceptors (Lipinski definition) is 3. The number of rotatable bonds is 4. The van der Waals surface area contributed by atoms with E-state index in [4.69, 9.17) is 11.6 Å². The van der Waals surface area contributed by atoms with Gasteiger partial charge in [-0.2, -0.15) is 0 Å². The molecular formula is C16H14ClFN2O. The fraction of sp³-hybridized carbons (Fsp3) is 0.125. The summed E-state index contributed by atoms with van der Waals surface area (Å²) >= 11 is 5.76. The number of benzene rings is 1. The zero-order valence-corrected chi connectivity index (χ0v) is 12.4. The van der Waals surface area contributed by atoms with Gasteiger partial charge >= 0.3 is 0 Å². The monoisotopic (exact) mass is 304 g/mol. The van der Waals surface area contributed by atoms with Crippen LogP contribution in [0, 0.1) is 5.82 Å². The van der Waals surface area contributed by atoms with Crippen LogP contribution in [0.25, 0.3) is 5.57 Å². The van der Waals surface area contributed by atoms with Crippen molar-refractivity contribution in [3.05, 3.63) is 70.9 Å². The molecule has 0 saturated carbocycles. The van der Waals surface area contributed by atoms with Crippen LogP contribution >= 0.6 is 11.6 Å². The van der Waals surface area contributed by atoms with E-state index in [2.05, 4.69) is 4.98 Å². The van der Waals surface area contributed by atoms with E-state index in [-0.39, 0.29) is 11.3 Å². The number of halogens is 2. The molecule has 5 heteroatoms. The molecule has 1 heterocycles. The van der Waals surface area contributed by atoms with Crippen molar-refractivity contribution in [3.63, 3.8) is 0 Å². The molecule has 0 radical (unpaired) electrons. The Hall–Kier alpha value is -2.20. The predicted octanol–water partition coefficient (Wildman–Crippen LogP) is 3.66. The van der Waals surface area contributed by atoms with Crippen molar-refractivity contribution in [3.8, 4) is 0 Å². The summed E-state index contributed by atoms with van der Waals surface area (Å²) in [6.45, 7) is 0.